The van der Waals surface area contributed by atoms with Gasteiger partial charge in [0.2, 0.25) is 5.91 Å². The third kappa shape index (κ3) is 4.13. The van der Waals surface area contributed by atoms with E-state index in [1.54, 1.807) is 25.2 Å². The molecule has 0 saturated heterocycles. The highest BCUT2D eigenvalue weighted by molar-refractivity contribution is 7.90. The SMILES string of the molecule is CCN(CC)c1ccc2nc(NC(=O)CN(C)C3=NS(=O)(=O)c4ccccc43)sc2c1. The molecule has 1 amide bonds. The van der Waals surface area contributed by atoms with Gasteiger partial charge < -0.3 is 15.1 Å². The fraction of sp³-hybridized carbons (Fsp3) is 0.286. The standard InChI is InChI=1S/C21H23N5O3S2/c1-4-26(5-2)14-10-11-16-17(12-14)30-21(22-16)23-19(27)13-25(3)20-15-8-6-7-9-18(15)31(28,29)24-20/h6-12H,4-5,13H2,1-3H3,(H,22,23,27). The van der Waals surface area contributed by atoms with Gasteiger partial charge in [0, 0.05) is 31.4 Å². The third-order valence-electron chi connectivity index (χ3n) is 5.10. The van der Waals surface area contributed by atoms with Gasteiger partial charge in [0.15, 0.2) is 11.0 Å². The molecule has 1 aliphatic rings. The van der Waals surface area contributed by atoms with Crippen molar-refractivity contribution in [3.63, 3.8) is 0 Å². The molecule has 1 aromatic heterocycles. The van der Waals surface area contributed by atoms with Crippen molar-refractivity contribution in [3.05, 3.63) is 48.0 Å². The summed E-state index contributed by atoms with van der Waals surface area (Å²) in [6.45, 7) is 6.00. The minimum atomic E-state index is -3.73. The first-order chi connectivity index (χ1) is 14.8. The maximum Gasteiger partial charge on any atom is 0.285 e. The number of carbonyl (C=O) groups excluding carboxylic acids is 1. The van der Waals surface area contributed by atoms with Crippen molar-refractivity contribution in [1.29, 1.82) is 0 Å². The molecule has 3 aromatic rings. The molecular weight excluding hydrogens is 434 g/mol. The number of amidine groups is 1. The van der Waals surface area contributed by atoms with E-state index in [0.717, 1.165) is 29.0 Å². The summed E-state index contributed by atoms with van der Waals surface area (Å²) in [6, 6.07) is 12.7. The molecule has 0 bridgehead atoms. The van der Waals surface area contributed by atoms with Crippen molar-refractivity contribution in [2.24, 2.45) is 4.40 Å². The van der Waals surface area contributed by atoms with Crippen LogP contribution in [0, 0.1) is 0 Å². The van der Waals surface area contributed by atoms with Gasteiger partial charge in [-0.3, -0.25) is 4.79 Å². The number of thiazole rings is 1. The highest BCUT2D eigenvalue weighted by Crippen LogP contribution is 2.30. The summed E-state index contributed by atoms with van der Waals surface area (Å²) >= 11 is 1.41. The molecule has 0 radical (unpaired) electrons. The van der Waals surface area contributed by atoms with E-state index < -0.39 is 10.0 Å². The van der Waals surface area contributed by atoms with Crippen LogP contribution in [0.25, 0.3) is 10.2 Å². The third-order valence-corrected chi connectivity index (χ3v) is 7.36. The van der Waals surface area contributed by atoms with Crippen LogP contribution < -0.4 is 10.2 Å². The summed E-state index contributed by atoms with van der Waals surface area (Å²) in [6.07, 6.45) is 0. The Hall–Kier alpha value is -2.98. The predicted octanol–water partition coefficient (Wildman–Crippen LogP) is 3.16. The summed E-state index contributed by atoms with van der Waals surface area (Å²) in [5.74, 6) is -0.0334. The average Bonchev–Trinajstić information content (AvgIpc) is 3.26. The van der Waals surface area contributed by atoms with E-state index in [1.807, 2.05) is 12.1 Å². The average molecular weight is 458 g/mol. The van der Waals surface area contributed by atoms with Gasteiger partial charge in [-0.15, -0.1) is 4.40 Å². The van der Waals surface area contributed by atoms with Crippen molar-refractivity contribution in [2.45, 2.75) is 18.7 Å². The lowest BCUT2D eigenvalue weighted by Crippen LogP contribution is -2.34. The molecular formula is C21H23N5O3S2. The van der Waals surface area contributed by atoms with Gasteiger partial charge in [0.25, 0.3) is 10.0 Å². The molecule has 10 heteroatoms. The maximum atomic E-state index is 12.6. The Kier molecular flexibility index (Phi) is 5.67. The molecule has 0 unspecified atom stereocenters. The lowest BCUT2D eigenvalue weighted by molar-refractivity contribution is -0.116. The van der Waals surface area contributed by atoms with Crippen molar-refractivity contribution in [3.8, 4) is 0 Å². The number of likely N-dealkylation sites (N-methyl/N-ethyl adjacent to an activating group) is 1. The minimum Gasteiger partial charge on any atom is -0.372 e. The van der Waals surface area contributed by atoms with Gasteiger partial charge in [0.1, 0.15) is 4.90 Å². The highest BCUT2D eigenvalue weighted by atomic mass is 32.2. The second-order valence-electron chi connectivity index (χ2n) is 7.13. The van der Waals surface area contributed by atoms with Crippen LogP contribution >= 0.6 is 11.3 Å². The van der Waals surface area contributed by atoms with Gasteiger partial charge in [-0.2, -0.15) is 8.42 Å². The van der Waals surface area contributed by atoms with Crippen LogP contribution in [0.3, 0.4) is 0 Å². The molecule has 0 spiro atoms. The number of nitrogens with zero attached hydrogens (tertiary/aromatic N) is 4. The van der Waals surface area contributed by atoms with Crippen LogP contribution in [0.4, 0.5) is 10.8 Å². The zero-order valence-electron chi connectivity index (χ0n) is 17.5. The molecule has 0 fully saturated rings. The summed E-state index contributed by atoms with van der Waals surface area (Å²) < 4.78 is 29.3. The first kappa shape index (κ1) is 21.3. The summed E-state index contributed by atoms with van der Waals surface area (Å²) in [7, 11) is -2.08. The number of aromatic nitrogens is 1. The van der Waals surface area contributed by atoms with Gasteiger partial charge in [-0.05, 0) is 44.2 Å². The van der Waals surface area contributed by atoms with Crippen LogP contribution in [-0.2, 0) is 14.8 Å². The van der Waals surface area contributed by atoms with Gasteiger partial charge in [-0.1, -0.05) is 23.5 Å². The van der Waals surface area contributed by atoms with Gasteiger partial charge in [0.05, 0.1) is 16.8 Å². The second-order valence-corrected chi connectivity index (χ2v) is 9.74. The van der Waals surface area contributed by atoms with Crippen LogP contribution in [-0.4, -0.2) is 56.7 Å². The first-order valence-corrected chi connectivity index (χ1v) is 12.2. The Labute approximate surface area is 185 Å². The molecule has 2 aromatic carbocycles. The van der Waals surface area contributed by atoms with E-state index in [0.29, 0.717) is 10.7 Å². The summed E-state index contributed by atoms with van der Waals surface area (Å²) in [5, 5.41) is 3.32. The van der Waals surface area contributed by atoms with Gasteiger partial charge >= 0.3 is 0 Å². The minimum absolute atomic E-state index is 0.0523. The predicted molar refractivity (Wildman–Crippen MR) is 125 cm³/mol. The number of benzene rings is 2. The molecule has 0 atom stereocenters. The molecule has 2 heterocycles. The van der Waals surface area contributed by atoms with Crippen LogP contribution in [0.1, 0.15) is 19.4 Å². The fourth-order valence-corrected chi connectivity index (χ4v) is 5.73. The van der Waals surface area contributed by atoms with E-state index in [1.165, 1.54) is 22.3 Å². The first-order valence-electron chi connectivity index (χ1n) is 9.93. The van der Waals surface area contributed by atoms with E-state index in [4.69, 9.17) is 0 Å². The molecule has 8 nitrogen and oxygen atoms in total. The van der Waals surface area contributed by atoms with Crippen LogP contribution in [0.2, 0.25) is 0 Å². The number of rotatable bonds is 6. The van der Waals surface area contributed by atoms with Crippen molar-refractivity contribution >= 4 is 54.1 Å². The zero-order chi connectivity index (χ0) is 22.2. The Balaban J connectivity index is 1.48. The Bertz CT molecular complexity index is 1280. The fourth-order valence-electron chi connectivity index (χ4n) is 3.57. The van der Waals surface area contributed by atoms with Gasteiger partial charge in [-0.25, -0.2) is 4.98 Å². The monoisotopic (exact) mass is 457 g/mol. The normalized spacial score (nSPS) is 14.2. The van der Waals surface area contributed by atoms with E-state index >= 15 is 0 Å². The zero-order valence-corrected chi connectivity index (χ0v) is 19.1. The number of hydrogen-bond donors (Lipinski definition) is 1. The molecule has 1 N–H and O–H groups in total. The second kappa shape index (κ2) is 8.27. The smallest absolute Gasteiger partial charge is 0.285 e. The Morgan fingerprint density at radius 1 is 1.13 bits per heavy atom. The lowest BCUT2D eigenvalue weighted by Gasteiger charge is -2.20. The summed E-state index contributed by atoms with van der Waals surface area (Å²) in [5.41, 5.74) is 2.45. The quantitative estimate of drug-likeness (QED) is 0.611. The van der Waals surface area contributed by atoms with Crippen LogP contribution in [0.15, 0.2) is 51.8 Å². The highest BCUT2D eigenvalue weighted by Gasteiger charge is 2.31. The molecule has 4 rings (SSSR count). The molecule has 162 valence electrons. The largest absolute Gasteiger partial charge is 0.372 e. The number of carbonyl (C=O) groups is 1. The van der Waals surface area contributed by atoms with Crippen molar-refractivity contribution < 1.29 is 13.2 Å². The number of amides is 1. The topological polar surface area (TPSA) is 95.0 Å². The molecule has 0 aliphatic carbocycles. The lowest BCUT2D eigenvalue weighted by atomic mass is 10.2. The number of sulfonamides is 1. The molecule has 0 saturated carbocycles. The Morgan fingerprint density at radius 3 is 2.61 bits per heavy atom. The van der Waals surface area contributed by atoms with Crippen molar-refractivity contribution in [1.82, 2.24) is 9.88 Å². The van der Waals surface area contributed by atoms with E-state index in [9.17, 15) is 13.2 Å². The van der Waals surface area contributed by atoms with E-state index in [2.05, 4.69) is 39.5 Å². The number of nitrogens with one attached hydrogen (secondary N) is 1. The van der Waals surface area contributed by atoms with Crippen molar-refractivity contribution in [2.75, 3.05) is 36.9 Å². The number of hydrogen-bond acceptors (Lipinski definition) is 7. The summed E-state index contributed by atoms with van der Waals surface area (Å²) in [4.78, 5) is 21.0. The number of anilines is 2. The molecule has 1 aliphatic heterocycles. The molecule has 31 heavy (non-hydrogen) atoms. The van der Waals surface area contributed by atoms with E-state index in [-0.39, 0.29) is 23.2 Å². The van der Waals surface area contributed by atoms with Crippen LogP contribution in [0.5, 0.6) is 0 Å². The number of fused-ring (bicyclic) bond motifs is 2. The Morgan fingerprint density at radius 2 is 1.87 bits per heavy atom. The maximum absolute atomic E-state index is 12.6.